The second-order valence-corrected chi connectivity index (χ2v) is 10.1. The molecule has 0 aliphatic rings. The molecule has 0 spiro atoms. The number of hydrogen-bond donors (Lipinski definition) is 4. The van der Waals surface area contributed by atoms with E-state index in [4.69, 9.17) is 18.8 Å². The van der Waals surface area contributed by atoms with Gasteiger partial charge in [0.25, 0.3) is 20.2 Å². The normalized spacial score (nSPS) is 12.5. The molecule has 0 aliphatic carbocycles. The molecule has 0 aliphatic heterocycles. The number of ether oxygens (including phenoxy) is 3. The fourth-order valence-electron chi connectivity index (χ4n) is 3.14. The number of hydrogen-bond acceptors (Lipinski definition) is 9. The van der Waals surface area contributed by atoms with Gasteiger partial charge in [0.2, 0.25) is 0 Å². The number of methoxy groups -OCH3 is 2. The van der Waals surface area contributed by atoms with E-state index in [0.717, 1.165) is 0 Å². The zero-order valence-electron chi connectivity index (χ0n) is 18.9. The Labute approximate surface area is 241 Å². The molecule has 2 rings (SSSR count). The van der Waals surface area contributed by atoms with Gasteiger partial charge in [0.1, 0.15) is 11.9 Å². The molecule has 0 heterocycles. The molecule has 2 aromatic rings. The third-order valence-corrected chi connectivity index (χ3v) is 6.17. The molecular formula is C20H25KO11S2. The van der Waals surface area contributed by atoms with E-state index < -0.39 is 43.6 Å². The molecule has 0 radical (unpaired) electrons. The van der Waals surface area contributed by atoms with Gasteiger partial charge in [0, 0.05) is 12.0 Å². The topological polar surface area (TPSA) is 177 Å². The quantitative estimate of drug-likeness (QED) is 0.141. The monoisotopic (exact) mass is 544 g/mol. The van der Waals surface area contributed by atoms with Crippen molar-refractivity contribution in [2.75, 3.05) is 25.7 Å². The zero-order valence-corrected chi connectivity index (χ0v) is 23.6. The van der Waals surface area contributed by atoms with Crippen LogP contribution in [0.3, 0.4) is 0 Å². The molecule has 0 saturated heterocycles. The second-order valence-electron chi connectivity index (χ2n) is 7.06. The van der Waals surface area contributed by atoms with Gasteiger partial charge >= 0.3 is 51.4 Å². The summed E-state index contributed by atoms with van der Waals surface area (Å²) in [6, 6.07) is 8.60. The van der Waals surface area contributed by atoms with Gasteiger partial charge in [-0.05, 0) is 18.9 Å². The van der Waals surface area contributed by atoms with Gasteiger partial charge in [-0.2, -0.15) is 22.9 Å². The van der Waals surface area contributed by atoms with Crippen molar-refractivity contribution in [1.82, 2.24) is 0 Å². The molecule has 0 saturated carbocycles. The molecule has 1 atom stereocenters. The van der Waals surface area contributed by atoms with Crippen molar-refractivity contribution >= 4 is 20.2 Å². The van der Waals surface area contributed by atoms with E-state index >= 15 is 0 Å². The Kier molecular flexibility index (Phi) is 12.1. The van der Waals surface area contributed by atoms with Crippen LogP contribution in [0.25, 0.3) is 0 Å². The predicted molar refractivity (Wildman–Crippen MR) is 117 cm³/mol. The van der Waals surface area contributed by atoms with Crippen molar-refractivity contribution in [2.24, 2.45) is 0 Å². The van der Waals surface area contributed by atoms with E-state index in [1.807, 2.05) is 0 Å². The Bertz CT molecular complexity index is 1180. The van der Waals surface area contributed by atoms with Crippen LogP contribution in [-0.4, -0.2) is 68.0 Å². The number of phenols is 2. The van der Waals surface area contributed by atoms with E-state index in [0.29, 0.717) is 0 Å². The zero-order chi connectivity index (χ0) is 24.8. The maximum absolute atomic E-state index is 11.5. The standard InChI is InChI=1S/C20H25O11S2.K/c1-29-16-7-3-5-14(18(16)21)11-15(12-33(26,27)28)31-17-9-8-13(19(22)20(17)30-2)6-4-10-32(23,24)25;/h3,5,7,9,15,21-22H,4,6,10-12H2,1-2H3,(H,23,24,25)(H,26,27,28);/q-1;+1. The van der Waals surface area contributed by atoms with E-state index in [1.165, 1.54) is 32.4 Å². The molecule has 0 amide bonds. The number of aromatic hydroxyl groups is 2. The van der Waals surface area contributed by atoms with Crippen LogP contribution in [0, 0.1) is 6.07 Å². The summed E-state index contributed by atoms with van der Waals surface area (Å²) in [4.78, 5) is 0. The van der Waals surface area contributed by atoms with Crippen LogP contribution in [0.2, 0.25) is 0 Å². The predicted octanol–water partition coefficient (Wildman–Crippen LogP) is -1.38. The smallest absolute Gasteiger partial charge is 0.562 e. The summed E-state index contributed by atoms with van der Waals surface area (Å²) in [5.41, 5.74) is 0.483. The summed E-state index contributed by atoms with van der Waals surface area (Å²) in [5.74, 6) is -2.06. The van der Waals surface area contributed by atoms with E-state index in [1.54, 1.807) is 6.07 Å². The minimum absolute atomic E-state index is 0. The van der Waals surface area contributed by atoms with Crippen LogP contribution >= 0.6 is 0 Å². The van der Waals surface area contributed by atoms with Crippen LogP contribution in [0.5, 0.6) is 28.7 Å². The first-order chi connectivity index (χ1) is 15.3. The first-order valence-electron chi connectivity index (χ1n) is 9.57. The Morgan fingerprint density at radius 1 is 0.971 bits per heavy atom. The summed E-state index contributed by atoms with van der Waals surface area (Å²) in [6.45, 7) is 0. The van der Waals surface area contributed by atoms with Crippen LogP contribution in [0.4, 0.5) is 0 Å². The van der Waals surface area contributed by atoms with Crippen molar-refractivity contribution in [3.8, 4) is 28.7 Å². The molecular weight excluding hydrogens is 519 g/mol. The first kappa shape index (κ1) is 30.9. The van der Waals surface area contributed by atoms with E-state index in [9.17, 15) is 31.6 Å². The Morgan fingerprint density at radius 3 is 2.21 bits per heavy atom. The number of aryl methyl sites for hydroxylation is 1. The second kappa shape index (κ2) is 13.3. The van der Waals surface area contributed by atoms with Crippen LogP contribution in [0.1, 0.15) is 17.5 Å². The number of rotatable bonds is 12. The molecule has 1 unspecified atom stereocenters. The molecule has 0 bridgehead atoms. The van der Waals surface area contributed by atoms with Gasteiger partial charge in [-0.3, -0.25) is 9.11 Å². The van der Waals surface area contributed by atoms with Crippen LogP contribution in [0.15, 0.2) is 24.3 Å². The Balaban J connectivity index is 0.00000578. The number of benzene rings is 2. The summed E-state index contributed by atoms with van der Waals surface area (Å²) < 4.78 is 78.9. The number of para-hydroxylation sites is 1. The fraction of sp³-hybridized carbons (Fsp3) is 0.400. The third-order valence-electron chi connectivity index (χ3n) is 4.58. The molecule has 11 nitrogen and oxygen atoms in total. The van der Waals surface area contributed by atoms with Crippen molar-refractivity contribution in [2.45, 2.75) is 25.4 Å². The fourth-order valence-corrected chi connectivity index (χ4v) is 4.30. The average Bonchev–Trinajstić information content (AvgIpc) is 2.69. The van der Waals surface area contributed by atoms with Gasteiger partial charge < -0.3 is 24.4 Å². The Hall–Kier alpha value is -1.10. The van der Waals surface area contributed by atoms with Crippen molar-refractivity contribution < 1.29 is 102 Å². The summed E-state index contributed by atoms with van der Waals surface area (Å²) >= 11 is 0. The molecule has 4 N–H and O–H groups in total. The van der Waals surface area contributed by atoms with Crippen molar-refractivity contribution in [3.05, 3.63) is 41.5 Å². The van der Waals surface area contributed by atoms with E-state index in [2.05, 4.69) is 6.07 Å². The van der Waals surface area contributed by atoms with Crippen LogP contribution in [-0.2, 0) is 33.1 Å². The Morgan fingerprint density at radius 2 is 1.65 bits per heavy atom. The van der Waals surface area contributed by atoms with E-state index in [-0.39, 0.29) is 105 Å². The SMILES string of the molecule is COc1cccc(CC(CS(=O)(=O)O)Oc2c[c-]c(CCCS(=O)(=O)O)c(O)c2OC)c1O.[K+]. The summed E-state index contributed by atoms with van der Waals surface area (Å²) in [6.07, 6.45) is -1.30. The van der Waals surface area contributed by atoms with Crippen molar-refractivity contribution in [1.29, 1.82) is 0 Å². The molecule has 184 valence electrons. The van der Waals surface area contributed by atoms with Crippen molar-refractivity contribution in [3.63, 3.8) is 0 Å². The minimum Gasteiger partial charge on any atom is -0.562 e. The van der Waals surface area contributed by atoms with Crippen LogP contribution < -0.4 is 65.6 Å². The molecule has 0 fully saturated rings. The molecule has 14 heteroatoms. The summed E-state index contributed by atoms with van der Waals surface area (Å²) in [5, 5.41) is 20.8. The van der Waals surface area contributed by atoms with Gasteiger partial charge in [0.15, 0.2) is 11.5 Å². The minimum atomic E-state index is -4.49. The third kappa shape index (κ3) is 9.51. The maximum Gasteiger partial charge on any atom is 1.00 e. The molecule has 2 aromatic carbocycles. The summed E-state index contributed by atoms with van der Waals surface area (Å²) in [7, 11) is -6.07. The van der Waals surface area contributed by atoms with Gasteiger partial charge in [-0.15, -0.1) is 11.6 Å². The number of phenolic OH excluding ortho intramolecular Hbond substituents is 2. The largest absolute Gasteiger partial charge is 1.00 e. The average molecular weight is 545 g/mol. The maximum atomic E-state index is 11.5. The molecule has 0 aromatic heterocycles. The molecule has 34 heavy (non-hydrogen) atoms. The van der Waals surface area contributed by atoms with Gasteiger partial charge in [0.05, 0.1) is 37.2 Å². The van der Waals surface area contributed by atoms with Gasteiger partial charge in [-0.25, -0.2) is 0 Å². The first-order valence-corrected chi connectivity index (χ1v) is 12.8. The van der Waals surface area contributed by atoms with Gasteiger partial charge in [-0.1, -0.05) is 12.1 Å².